The van der Waals surface area contributed by atoms with Gasteiger partial charge >= 0.3 is 6.03 Å². The molecule has 2 heterocycles. The first kappa shape index (κ1) is 28.8. The Morgan fingerprint density at radius 2 is 1.95 bits per heavy atom. The van der Waals surface area contributed by atoms with E-state index in [0.717, 1.165) is 11.1 Å². The van der Waals surface area contributed by atoms with E-state index < -0.39 is 24.1 Å². The van der Waals surface area contributed by atoms with E-state index in [9.17, 15) is 4.79 Å². The molecule has 0 saturated carbocycles. The number of aromatic nitrogens is 2. The van der Waals surface area contributed by atoms with Crippen molar-refractivity contribution in [1.29, 1.82) is 0 Å². The summed E-state index contributed by atoms with van der Waals surface area (Å²) in [6.07, 6.45) is -0.0761. The summed E-state index contributed by atoms with van der Waals surface area (Å²) in [5.74, 6) is 0.594. The van der Waals surface area contributed by atoms with Crippen molar-refractivity contribution in [1.82, 2.24) is 25.8 Å². The molecule has 5 rings (SSSR count). The number of nitrogens with one attached hydrogen (secondary N) is 3. The van der Waals surface area contributed by atoms with Crippen LogP contribution in [0.25, 0.3) is 11.4 Å². The van der Waals surface area contributed by atoms with Crippen molar-refractivity contribution in [2.45, 2.75) is 32.5 Å². The lowest BCUT2D eigenvalue weighted by molar-refractivity contribution is 0.249. The number of ether oxygens (including phenoxy) is 1. The molecule has 12 heteroatoms. The summed E-state index contributed by atoms with van der Waals surface area (Å²) in [6.45, 7) is 4.68. The van der Waals surface area contributed by atoms with E-state index in [1.54, 1.807) is 43.3 Å². The van der Waals surface area contributed by atoms with Crippen molar-refractivity contribution >= 4 is 23.1 Å². The number of hydrogen-bond donors (Lipinski definition) is 4. The molecule has 2 amide bonds. The second kappa shape index (κ2) is 12.5. The molecule has 5 N–H and O–H groups in total. The van der Waals surface area contributed by atoms with Crippen molar-refractivity contribution in [2.24, 2.45) is 0 Å². The molecular weight excluding hydrogens is 539 g/mol. The Kier molecular flexibility index (Phi) is 8.55. The van der Waals surface area contributed by atoms with Crippen molar-refractivity contribution in [3.05, 3.63) is 83.5 Å². The zero-order chi connectivity index (χ0) is 29.8. The van der Waals surface area contributed by atoms with E-state index in [0.29, 0.717) is 53.9 Å². The van der Waals surface area contributed by atoms with Crippen molar-refractivity contribution < 1.29 is 18.4 Å². The highest BCUT2D eigenvalue weighted by atomic mass is 19.1. The first-order chi connectivity index (χ1) is 20.2. The molecule has 1 aliphatic rings. The number of hydrazine groups is 1. The van der Waals surface area contributed by atoms with Crippen LogP contribution in [0.2, 0.25) is 0 Å². The van der Waals surface area contributed by atoms with Gasteiger partial charge in [-0.3, -0.25) is 0 Å². The van der Waals surface area contributed by atoms with Gasteiger partial charge < -0.3 is 30.5 Å². The van der Waals surface area contributed by atoms with E-state index in [2.05, 4.69) is 26.2 Å². The number of carbonyl (C=O) groups excluding carboxylic acids is 1. The minimum atomic E-state index is -0.746. The molecule has 42 heavy (non-hydrogen) atoms. The molecule has 0 spiro atoms. The summed E-state index contributed by atoms with van der Waals surface area (Å²) in [7, 11) is 3.86. The van der Waals surface area contributed by atoms with Crippen LogP contribution in [0.3, 0.4) is 0 Å². The fraction of sp³-hybridized carbons (Fsp3) is 0.300. The number of para-hydroxylation sites is 2. The highest BCUT2D eigenvalue weighted by Crippen LogP contribution is 2.34. The molecule has 2 atom stereocenters. The monoisotopic (exact) mass is 574 g/mol. The quantitative estimate of drug-likeness (QED) is 0.191. The topological polar surface area (TPSA) is 134 Å². The van der Waals surface area contributed by atoms with Gasteiger partial charge in [-0.1, -0.05) is 30.3 Å². The maximum absolute atomic E-state index is 16.2. The molecule has 0 radical (unpaired) electrons. The zero-order valence-electron chi connectivity index (χ0n) is 24.0. The number of nitrogens with zero attached hydrogens (tertiary/aromatic N) is 4. The number of benzene rings is 3. The second-order valence-electron chi connectivity index (χ2n) is 10.3. The molecule has 0 aliphatic carbocycles. The Labute approximate surface area is 243 Å². The molecule has 0 bridgehead atoms. The van der Waals surface area contributed by atoms with Crippen LogP contribution in [0.1, 0.15) is 30.0 Å². The van der Waals surface area contributed by atoms with Crippen LogP contribution in [0.15, 0.2) is 65.2 Å². The number of likely N-dealkylation sites (N-methyl/N-ethyl adjacent to an activating group) is 1. The van der Waals surface area contributed by atoms with E-state index in [4.69, 9.17) is 15.0 Å². The largest absolute Gasteiger partial charge is 0.489 e. The van der Waals surface area contributed by atoms with Gasteiger partial charge in [0.15, 0.2) is 11.6 Å². The number of aryl methyl sites for hydroxylation is 2. The maximum Gasteiger partial charge on any atom is 0.337 e. The van der Waals surface area contributed by atoms with Crippen molar-refractivity contribution in [2.75, 3.05) is 43.3 Å². The molecule has 2 unspecified atom stereocenters. The Bertz CT molecular complexity index is 1540. The van der Waals surface area contributed by atoms with Crippen molar-refractivity contribution in [3.63, 3.8) is 0 Å². The number of amides is 2. The summed E-state index contributed by atoms with van der Waals surface area (Å²) >= 11 is 0. The molecule has 1 saturated heterocycles. The first-order valence-electron chi connectivity index (χ1n) is 13.7. The van der Waals surface area contributed by atoms with Crippen LogP contribution >= 0.6 is 0 Å². The van der Waals surface area contributed by atoms with Gasteiger partial charge in [-0.2, -0.15) is 4.98 Å². The third kappa shape index (κ3) is 6.29. The molecular formula is C30H35FN8O3. The Morgan fingerprint density at radius 1 is 1.19 bits per heavy atom. The highest BCUT2D eigenvalue weighted by molar-refractivity contribution is 5.96. The Morgan fingerprint density at radius 3 is 2.62 bits per heavy atom. The number of rotatable bonds is 11. The molecule has 11 nitrogen and oxygen atoms in total. The predicted octanol–water partition coefficient (Wildman–Crippen LogP) is 4.48. The summed E-state index contributed by atoms with van der Waals surface area (Å²) in [4.78, 5) is 19.4. The molecule has 4 aromatic rings. The third-order valence-corrected chi connectivity index (χ3v) is 6.92. The average Bonchev–Trinajstić information content (AvgIpc) is 3.58. The number of urea groups is 1. The van der Waals surface area contributed by atoms with Gasteiger partial charge in [-0.05, 0) is 68.5 Å². The van der Waals surface area contributed by atoms with Crippen molar-refractivity contribution in [3.8, 4) is 17.1 Å². The third-order valence-electron chi connectivity index (χ3n) is 6.92. The smallest absolute Gasteiger partial charge is 0.337 e. The number of nitrogens with two attached hydrogens (primary N) is 1. The molecule has 1 aliphatic heterocycles. The summed E-state index contributed by atoms with van der Waals surface area (Å²) in [6, 6.07) is 16.8. The lowest BCUT2D eigenvalue weighted by Gasteiger charge is -2.28. The van der Waals surface area contributed by atoms with Crippen LogP contribution in [0, 0.1) is 12.7 Å². The van der Waals surface area contributed by atoms with E-state index in [-0.39, 0.29) is 5.75 Å². The SMILES string of the molecule is CCc1cc(OCCN(C)C)c(F)c(C(Nc2ccc(-c3noc(C)n3)cc2)C2NC(=O)N(c3ccccc3N)N2)c1. The zero-order valence-corrected chi connectivity index (χ0v) is 24.0. The van der Waals surface area contributed by atoms with Gasteiger partial charge in [-0.25, -0.2) is 19.6 Å². The van der Waals surface area contributed by atoms with Crippen LogP contribution < -0.4 is 31.5 Å². The number of anilines is 3. The standard InChI is InChI=1S/C30H35FN8O3/c1-5-19-16-22(26(31)25(17-19)41-15-14-38(3)4)27(29-35-30(40)39(36-29)24-9-7-6-8-23(24)32)34-21-12-10-20(11-13-21)28-33-18(2)42-37-28/h6-13,16-17,27,29,34,36H,5,14-15,32H2,1-4H3,(H,35,40). The Hall–Kier alpha value is -4.68. The van der Waals surface area contributed by atoms with Gasteiger partial charge in [0.05, 0.1) is 17.4 Å². The normalized spacial score (nSPS) is 15.6. The van der Waals surface area contributed by atoms with E-state index in [1.807, 2.05) is 50.2 Å². The van der Waals surface area contributed by atoms with Gasteiger partial charge in [-0.15, -0.1) is 0 Å². The fourth-order valence-corrected chi connectivity index (χ4v) is 4.66. The number of carbonyl (C=O) groups is 1. The molecule has 1 aromatic heterocycles. The first-order valence-corrected chi connectivity index (χ1v) is 13.7. The summed E-state index contributed by atoms with van der Waals surface area (Å²) < 4.78 is 27.2. The van der Waals surface area contributed by atoms with Gasteiger partial charge in [0.2, 0.25) is 11.7 Å². The summed E-state index contributed by atoms with van der Waals surface area (Å²) in [5.41, 5.74) is 13.0. The van der Waals surface area contributed by atoms with Crippen LogP contribution in [-0.2, 0) is 6.42 Å². The average molecular weight is 575 g/mol. The predicted molar refractivity (Wildman–Crippen MR) is 159 cm³/mol. The van der Waals surface area contributed by atoms with E-state index in [1.165, 1.54) is 5.01 Å². The summed E-state index contributed by atoms with van der Waals surface area (Å²) in [5, 5.41) is 11.7. The lowest BCUT2D eigenvalue weighted by atomic mass is 9.98. The van der Waals surface area contributed by atoms with Crippen LogP contribution in [-0.4, -0.2) is 54.5 Å². The second-order valence-corrected chi connectivity index (χ2v) is 10.3. The molecule has 3 aromatic carbocycles. The minimum absolute atomic E-state index is 0.161. The molecule has 1 fully saturated rings. The molecule has 220 valence electrons. The van der Waals surface area contributed by atoms with Gasteiger partial charge in [0, 0.05) is 30.3 Å². The lowest BCUT2D eigenvalue weighted by Crippen LogP contribution is -2.44. The Balaban J connectivity index is 1.50. The fourth-order valence-electron chi connectivity index (χ4n) is 4.66. The highest BCUT2D eigenvalue weighted by Gasteiger charge is 2.38. The van der Waals surface area contributed by atoms with Gasteiger partial charge in [0.25, 0.3) is 0 Å². The minimum Gasteiger partial charge on any atom is -0.489 e. The number of halogens is 1. The van der Waals surface area contributed by atoms with Crippen LogP contribution in [0.4, 0.5) is 26.2 Å². The van der Waals surface area contributed by atoms with Gasteiger partial charge in [0.1, 0.15) is 12.8 Å². The number of hydrogen-bond acceptors (Lipinski definition) is 9. The van der Waals surface area contributed by atoms with E-state index >= 15 is 4.39 Å². The number of nitrogen functional groups attached to an aromatic ring is 1. The van der Waals surface area contributed by atoms with Crippen LogP contribution in [0.5, 0.6) is 5.75 Å². The maximum atomic E-state index is 16.2.